The smallest absolute Gasteiger partial charge is 0.251 e. The molecule has 1 aromatic carbocycles. The van der Waals surface area contributed by atoms with Crippen LogP contribution in [-0.2, 0) is 9.84 Å². The molecule has 0 saturated heterocycles. The third-order valence-electron chi connectivity index (χ3n) is 2.75. The highest BCUT2D eigenvalue weighted by atomic mass is 32.2. The molecule has 0 fully saturated rings. The predicted molar refractivity (Wildman–Crippen MR) is 74.9 cm³/mol. The van der Waals surface area contributed by atoms with Crippen LogP contribution in [0.15, 0.2) is 30.5 Å². The summed E-state index contributed by atoms with van der Waals surface area (Å²) in [5.74, 6) is -0.337. The number of carbonyl (C=O) groups excluding carboxylic acids is 1. The van der Waals surface area contributed by atoms with Crippen LogP contribution in [0.1, 0.15) is 17.3 Å². The van der Waals surface area contributed by atoms with Gasteiger partial charge in [-0.25, -0.2) is 8.42 Å². The van der Waals surface area contributed by atoms with Crippen molar-refractivity contribution in [2.75, 3.05) is 12.0 Å². The summed E-state index contributed by atoms with van der Waals surface area (Å²) in [7, 11) is -3.10. The van der Waals surface area contributed by atoms with Gasteiger partial charge in [-0.1, -0.05) is 6.07 Å². The van der Waals surface area contributed by atoms with E-state index in [4.69, 9.17) is 0 Å². The first kappa shape index (κ1) is 13.6. The van der Waals surface area contributed by atoms with Gasteiger partial charge in [0.25, 0.3) is 5.91 Å². The second-order valence-corrected chi connectivity index (χ2v) is 6.93. The Bertz CT molecular complexity index is 704. The van der Waals surface area contributed by atoms with Crippen molar-refractivity contribution in [3.8, 4) is 0 Å². The van der Waals surface area contributed by atoms with Gasteiger partial charge >= 0.3 is 0 Å². The first-order valence-corrected chi connectivity index (χ1v) is 7.97. The molecule has 19 heavy (non-hydrogen) atoms. The Kier molecular flexibility index (Phi) is 3.61. The van der Waals surface area contributed by atoms with E-state index in [-0.39, 0.29) is 11.7 Å². The summed E-state index contributed by atoms with van der Waals surface area (Å²) >= 11 is 0. The number of carbonyl (C=O) groups is 1. The number of rotatable bonds is 4. The number of hydrogen-bond acceptors (Lipinski definition) is 3. The molecule has 102 valence electrons. The van der Waals surface area contributed by atoms with Crippen molar-refractivity contribution in [2.24, 2.45) is 0 Å². The zero-order chi connectivity index (χ0) is 14.0. The summed E-state index contributed by atoms with van der Waals surface area (Å²) in [6.07, 6.45) is 2.96. The maximum atomic E-state index is 12.0. The molecule has 0 saturated carbocycles. The van der Waals surface area contributed by atoms with Crippen molar-refractivity contribution in [3.63, 3.8) is 0 Å². The Morgan fingerprint density at radius 2 is 2.11 bits per heavy atom. The van der Waals surface area contributed by atoms with Gasteiger partial charge in [-0.2, -0.15) is 0 Å². The lowest BCUT2D eigenvalue weighted by molar-refractivity contribution is 0.0944. The number of nitrogens with one attached hydrogen (secondary N) is 2. The van der Waals surface area contributed by atoms with E-state index in [0.29, 0.717) is 5.56 Å². The maximum Gasteiger partial charge on any atom is 0.251 e. The zero-order valence-corrected chi connectivity index (χ0v) is 11.6. The van der Waals surface area contributed by atoms with E-state index in [1.54, 1.807) is 25.3 Å². The molecule has 0 aliphatic heterocycles. The molecular formula is C13H16N2O3S. The van der Waals surface area contributed by atoms with E-state index in [1.807, 2.05) is 12.1 Å². The fraction of sp³-hybridized carbons (Fsp3) is 0.308. The van der Waals surface area contributed by atoms with E-state index < -0.39 is 15.9 Å². The highest BCUT2D eigenvalue weighted by molar-refractivity contribution is 7.90. The Labute approximate surface area is 111 Å². The van der Waals surface area contributed by atoms with Gasteiger partial charge in [0.05, 0.1) is 5.75 Å². The Morgan fingerprint density at radius 1 is 1.37 bits per heavy atom. The standard InChI is InChI=1S/C13H16N2O3S/c1-9(8-19(2,17)18)15-13(16)11-4-3-10-5-6-14-12(10)7-11/h3-7,9,14H,8H2,1-2H3,(H,15,16). The van der Waals surface area contributed by atoms with Gasteiger partial charge in [0, 0.05) is 29.6 Å². The minimum atomic E-state index is -3.10. The third kappa shape index (κ3) is 3.57. The first-order valence-electron chi connectivity index (χ1n) is 5.91. The molecule has 2 N–H and O–H groups in total. The van der Waals surface area contributed by atoms with Crippen LogP contribution in [0.4, 0.5) is 0 Å². The summed E-state index contributed by atoms with van der Waals surface area (Å²) in [4.78, 5) is 15.0. The molecule has 2 aromatic rings. The molecule has 1 aromatic heterocycles. The monoisotopic (exact) mass is 280 g/mol. The normalized spacial score (nSPS) is 13.4. The van der Waals surface area contributed by atoms with Crippen molar-refractivity contribution >= 4 is 26.6 Å². The number of hydrogen-bond donors (Lipinski definition) is 2. The van der Waals surface area contributed by atoms with E-state index in [0.717, 1.165) is 17.2 Å². The molecule has 0 aliphatic rings. The number of aromatic amines is 1. The van der Waals surface area contributed by atoms with Gasteiger partial charge in [-0.15, -0.1) is 0 Å². The van der Waals surface area contributed by atoms with E-state index in [2.05, 4.69) is 10.3 Å². The van der Waals surface area contributed by atoms with Gasteiger partial charge in [-0.3, -0.25) is 4.79 Å². The molecule has 1 unspecified atom stereocenters. The van der Waals surface area contributed by atoms with Crippen LogP contribution >= 0.6 is 0 Å². The molecule has 0 aliphatic carbocycles. The highest BCUT2D eigenvalue weighted by Crippen LogP contribution is 2.14. The average molecular weight is 280 g/mol. The maximum absolute atomic E-state index is 12.0. The number of fused-ring (bicyclic) bond motifs is 1. The van der Waals surface area contributed by atoms with Crippen molar-refractivity contribution in [3.05, 3.63) is 36.0 Å². The first-order chi connectivity index (χ1) is 8.85. The number of H-pyrrole nitrogens is 1. The predicted octanol–water partition coefficient (Wildman–Crippen LogP) is 1.33. The SMILES string of the molecule is CC(CS(C)(=O)=O)NC(=O)c1ccc2cc[nH]c2c1. The van der Waals surface area contributed by atoms with Gasteiger partial charge in [0.15, 0.2) is 0 Å². The van der Waals surface area contributed by atoms with Crippen LogP contribution in [-0.4, -0.2) is 37.4 Å². The van der Waals surface area contributed by atoms with Crippen LogP contribution in [0.2, 0.25) is 0 Å². The molecule has 1 atom stereocenters. The van der Waals surface area contributed by atoms with E-state index in [1.165, 1.54) is 0 Å². The topological polar surface area (TPSA) is 79.0 Å². The van der Waals surface area contributed by atoms with Crippen molar-refractivity contribution < 1.29 is 13.2 Å². The molecule has 1 amide bonds. The fourth-order valence-electron chi connectivity index (χ4n) is 1.99. The number of aromatic nitrogens is 1. The lowest BCUT2D eigenvalue weighted by atomic mass is 10.1. The second-order valence-electron chi connectivity index (χ2n) is 4.75. The number of sulfone groups is 1. The summed E-state index contributed by atoms with van der Waals surface area (Å²) in [6.45, 7) is 1.67. The van der Waals surface area contributed by atoms with E-state index >= 15 is 0 Å². The van der Waals surface area contributed by atoms with Crippen LogP contribution in [0.25, 0.3) is 10.9 Å². The van der Waals surface area contributed by atoms with Gasteiger partial charge in [-0.05, 0) is 30.5 Å². The molecular weight excluding hydrogens is 264 g/mol. The minimum absolute atomic E-state index is 0.0660. The van der Waals surface area contributed by atoms with E-state index in [9.17, 15) is 13.2 Å². The zero-order valence-electron chi connectivity index (χ0n) is 10.8. The molecule has 0 bridgehead atoms. The quantitative estimate of drug-likeness (QED) is 0.886. The Balaban J connectivity index is 2.11. The molecule has 0 radical (unpaired) electrons. The third-order valence-corrected chi connectivity index (χ3v) is 3.85. The summed E-state index contributed by atoms with van der Waals surface area (Å²) in [6, 6.07) is 6.82. The van der Waals surface area contributed by atoms with Crippen LogP contribution < -0.4 is 5.32 Å². The summed E-state index contributed by atoms with van der Waals surface area (Å²) in [5, 5.41) is 3.71. The fourth-order valence-corrected chi connectivity index (χ4v) is 2.98. The molecule has 2 rings (SSSR count). The average Bonchev–Trinajstić information content (AvgIpc) is 2.72. The van der Waals surface area contributed by atoms with Gasteiger partial charge < -0.3 is 10.3 Å². The lowest BCUT2D eigenvalue weighted by Gasteiger charge is -2.12. The number of benzene rings is 1. The van der Waals surface area contributed by atoms with Gasteiger partial charge in [0.2, 0.25) is 0 Å². The minimum Gasteiger partial charge on any atom is -0.361 e. The lowest BCUT2D eigenvalue weighted by Crippen LogP contribution is -2.37. The summed E-state index contributed by atoms with van der Waals surface area (Å²) < 4.78 is 22.3. The van der Waals surface area contributed by atoms with Crippen LogP contribution in [0.3, 0.4) is 0 Å². The van der Waals surface area contributed by atoms with Crippen molar-refractivity contribution in [2.45, 2.75) is 13.0 Å². The molecule has 5 nitrogen and oxygen atoms in total. The summed E-state index contributed by atoms with van der Waals surface area (Å²) in [5.41, 5.74) is 1.39. The Morgan fingerprint density at radius 3 is 2.79 bits per heavy atom. The van der Waals surface area contributed by atoms with Crippen molar-refractivity contribution in [1.29, 1.82) is 0 Å². The second kappa shape index (κ2) is 5.05. The molecule has 6 heteroatoms. The largest absolute Gasteiger partial charge is 0.361 e. The molecule has 0 spiro atoms. The number of amides is 1. The Hall–Kier alpha value is -1.82. The van der Waals surface area contributed by atoms with Crippen LogP contribution in [0.5, 0.6) is 0 Å². The van der Waals surface area contributed by atoms with Crippen LogP contribution in [0, 0.1) is 0 Å². The van der Waals surface area contributed by atoms with Gasteiger partial charge in [0.1, 0.15) is 9.84 Å². The highest BCUT2D eigenvalue weighted by Gasteiger charge is 2.14. The van der Waals surface area contributed by atoms with Crippen molar-refractivity contribution in [1.82, 2.24) is 10.3 Å². The molecule has 1 heterocycles.